The lowest BCUT2D eigenvalue weighted by molar-refractivity contribution is -0.152. The van der Waals surface area contributed by atoms with Crippen LogP contribution >= 0.6 is 19.3 Å². The zero-order valence-corrected chi connectivity index (χ0v) is 23.5. The van der Waals surface area contributed by atoms with Crippen LogP contribution in [0.15, 0.2) is 36.7 Å². The Morgan fingerprint density at radius 2 is 2.02 bits per heavy atom. The highest BCUT2D eigenvalue weighted by Crippen LogP contribution is 2.49. The van der Waals surface area contributed by atoms with E-state index in [2.05, 4.69) is 20.0 Å². The highest BCUT2D eigenvalue weighted by molar-refractivity contribution is 7.52. The van der Waals surface area contributed by atoms with Crippen molar-refractivity contribution in [2.75, 3.05) is 12.3 Å². The zero-order chi connectivity index (χ0) is 28.3. The second kappa shape index (κ2) is 12.4. The molecule has 5 rings (SSSR count). The first-order valence-corrected chi connectivity index (χ1v) is 15.1. The molecule has 3 aromatic rings. The molecular weight excluding hydrogens is 563 g/mol. The number of aliphatic hydroxyl groups is 1. The fourth-order valence-electron chi connectivity index (χ4n) is 4.88. The molecule has 1 unspecified atom stereocenters. The molecular formula is C25H32ClN6O7P. The fourth-order valence-corrected chi connectivity index (χ4v) is 6.77. The van der Waals surface area contributed by atoms with Crippen LogP contribution in [0.3, 0.4) is 0 Å². The van der Waals surface area contributed by atoms with Crippen molar-refractivity contribution in [3.05, 3.63) is 41.9 Å². The molecule has 3 heterocycles. The van der Waals surface area contributed by atoms with Crippen molar-refractivity contribution in [1.82, 2.24) is 24.6 Å². The number of hydrogen-bond acceptors (Lipinski definition) is 11. The predicted molar refractivity (Wildman–Crippen MR) is 145 cm³/mol. The minimum atomic E-state index is -4.20. The molecule has 5 atom stereocenters. The summed E-state index contributed by atoms with van der Waals surface area (Å²) < 4.78 is 39.2. The lowest BCUT2D eigenvalue weighted by atomic mass is 9.98. The van der Waals surface area contributed by atoms with Gasteiger partial charge in [0.25, 0.3) is 0 Å². The summed E-state index contributed by atoms with van der Waals surface area (Å²) in [5.41, 5.74) is 6.59. The molecule has 0 radical (unpaired) electrons. The van der Waals surface area contributed by atoms with Gasteiger partial charge >= 0.3 is 13.7 Å². The number of para-hydroxylation sites is 1. The van der Waals surface area contributed by atoms with Gasteiger partial charge in [-0.2, -0.15) is 15.1 Å². The number of nitrogens with zero attached hydrogens (tertiary/aromatic N) is 4. The summed E-state index contributed by atoms with van der Waals surface area (Å²) in [6.45, 7) is 1.11. The normalized spacial score (nSPS) is 24.0. The first-order chi connectivity index (χ1) is 19.2. The first-order valence-electron chi connectivity index (χ1n) is 13.2. The summed E-state index contributed by atoms with van der Waals surface area (Å²) in [4.78, 5) is 25.2. The van der Waals surface area contributed by atoms with E-state index in [1.807, 2.05) is 0 Å². The SMILES string of the molecule is C[C@H](NP(=O)(Oc1ccccc1)O[C@@H]1C[C@H](n2cnc3c(N)nc(Cl)nc32)O[C@@H]1CO)C(=O)OC1CCCCC1. The molecule has 4 N–H and O–H groups in total. The third-order valence-electron chi connectivity index (χ3n) is 6.88. The second-order valence-corrected chi connectivity index (χ2v) is 11.8. The molecule has 2 fully saturated rings. The molecule has 40 heavy (non-hydrogen) atoms. The van der Waals surface area contributed by atoms with Gasteiger partial charge in [0.2, 0.25) is 5.28 Å². The molecule has 1 saturated heterocycles. The van der Waals surface area contributed by atoms with Crippen LogP contribution in [-0.2, 0) is 23.4 Å². The lowest BCUT2D eigenvalue weighted by Gasteiger charge is -2.28. The Hall–Kier alpha value is -2.80. The van der Waals surface area contributed by atoms with Crippen molar-refractivity contribution in [3.8, 4) is 5.75 Å². The number of rotatable bonds is 10. The second-order valence-electron chi connectivity index (χ2n) is 9.84. The summed E-state index contributed by atoms with van der Waals surface area (Å²) >= 11 is 6.00. The third kappa shape index (κ3) is 6.56. The average molecular weight is 595 g/mol. The molecule has 2 aromatic heterocycles. The van der Waals surface area contributed by atoms with Gasteiger partial charge in [0.15, 0.2) is 11.5 Å². The van der Waals surface area contributed by atoms with Gasteiger partial charge in [-0.1, -0.05) is 24.6 Å². The van der Waals surface area contributed by atoms with Gasteiger partial charge in [-0.15, -0.1) is 0 Å². The van der Waals surface area contributed by atoms with Gasteiger partial charge in [0.1, 0.15) is 41.8 Å². The van der Waals surface area contributed by atoms with Crippen LogP contribution in [0.4, 0.5) is 5.82 Å². The number of esters is 1. The Morgan fingerprint density at radius 1 is 1.27 bits per heavy atom. The van der Waals surface area contributed by atoms with Crippen LogP contribution < -0.4 is 15.3 Å². The van der Waals surface area contributed by atoms with Crippen LogP contribution in [0, 0.1) is 0 Å². The number of hydrogen-bond donors (Lipinski definition) is 3. The maximum absolute atomic E-state index is 14.1. The highest BCUT2D eigenvalue weighted by atomic mass is 35.5. The number of anilines is 1. The number of fused-ring (bicyclic) bond motifs is 1. The van der Waals surface area contributed by atoms with Crippen molar-refractivity contribution >= 4 is 42.3 Å². The van der Waals surface area contributed by atoms with Crippen molar-refractivity contribution in [3.63, 3.8) is 0 Å². The smallest absolute Gasteiger partial charge is 0.459 e. The summed E-state index contributed by atoms with van der Waals surface area (Å²) in [6.07, 6.45) is 3.68. The maximum Gasteiger partial charge on any atom is 0.459 e. The Labute approximate surface area is 235 Å². The van der Waals surface area contributed by atoms with E-state index in [0.717, 1.165) is 32.1 Å². The van der Waals surface area contributed by atoms with Gasteiger partial charge in [-0.05, 0) is 56.3 Å². The number of ether oxygens (including phenoxy) is 2. The molecule has 1 aromatic carbocycles. The van der Waals surface area contributed by atoms with Crippen LogP contribution in [0.25, 0.3) is 11.2 Å². The molecule has 13 nitrogen and oxygen atoms in total. The summed E-state index contributed by atoms with van der Waals surface area (Å²) in [5, 5.41) is 12.7. The highest BCUT2D eigenvalue weighted by Gasteiger charge is 2.44. The molecule has 0 bridgehead atoms. The van der Waals surface area contributed by atoms with E-state index in [4.69, 9.17) is 35.9 Å². The molecule has 2 aliphatic rings. The van der Waals surface area contributed by atoms with Crippen LogP contribution in [0.1, 0.15) is 51.7 Å². The minimum absolute atomic E-state index is 0.0599. The summed E-state index contributed by atoms with van der Waals surface area (Å²) in [7, 11) is -4.20. The Kier molecular flexibility index (Phi) is 8.89. The number of carbonyl (C=O) groups excluding carboxylic acids is 1. The molecule has 0 amide bonds. The minimum Gasteiger partial charge on any atom is -0.461 e. The number of halogens is 1. The van der Waals surface area contributed by atoms with E-state index in [9.17, 15) is 14.5 Å². The van der Waals surface area contributed by atoms with E-state index >= 15 is 0 Å². The summed E-state index contributed by atoms with van der Waals surface area (Å²) in [6, 6.07) is 7.45. The van der Waals surface area contributed by atoms with E-state index in [0.29, 0.717) is 11.2 Å². The van der Waals surface area contributed by atoms with Gasteiger partial charge < -0.3 is 24.8 Å². The van der Waals surface area contributed by atoms with Crippen molar-refractivity contribution < 1.29 is 33.0 Å². The van der Waals surface area contributed by atoms with Gasteiger partial charge in [-0.3, -0.25) is 13.9 Å². The summed E-state index contributed by atoms with van der Waals surface area (Å²) in [5.74, 6) is -0.174. The number of nitrogen functional groups attached to an aromatic ring is 1. The van der Waals surface area contributed by atoms with Crippen LogP contribution in [0.2, 0.25) is 5.28 Å². The number of aromatic nitrogens is 4. The predicted octanol–water partition coefficient (Wildman–Crippen LogP) is 3.77. The van der Waals surface area contributed by atoms with Gasteiger partial charge in [0.05, 0.1) is 12.9 Å². The molecule has 15 heteroatoms. The van der Waals surface area contributed by atoms with Gasteiger partial charge in [-0.25, -0.2) is 9.55 Å². The standard InChI is InChI=1S/C25H32ClN6O7P/c1-15(24(34)36-16-8-4-2-5-9-16)31-40(35,38-17-10-6-3-7-11-17)39-18-12-20(37-19(18)13-33)32-14-28-21-22(27)29-25(26)30-23(21)32/h3,6-7,10-11,14-16,18-20,33H,2,4-5,8-9,12-13H2,1H3,(H,31,35)(H2,27,29,30)/t15-,18+,19+,20+,40?/m0/s1. The number of aliphatic hydroxyl groups excluding tert-OH is 1. The molecule has 1 aliphatic heterocycles. The molecule has 0 spiro atoms. The first kappa shape index (κ1) is 28.7. The van der Waals surface area contributed by atoms with Crippen LogP contribution in [0.5, 0.6) is 5.75 Å². The van der Waals surface area contributed by atoms with E-state index < -0.39 is 44.8 Å². The molecule has 1 saturated carbocycles. The number of imidazole rings is 1. The van der Waals surface area contributed by atoms with Crippen molar-refractivity contribution in [2.45, 2.75) is 76.0 Å². The van der Waals surface area contributed by atoms with E-state index in [-0.39, 0.29) is 29.4 Å². The molecule has 1 aliphatic carbocycles. The zero-order valence-electron chi connectivity index (χ0n) is 21.9. The van der Waals surface area contributed by atoms with Gasteiger partial charge in [0, 0.05) is 6.42 Å². The topological polar surface area (TPSA) is 173 Å². The molecule has 216 valence electrons. The number of nitrogens with one attached hydrogen (secondary N) is 1. The number of benzene rings is 1. The number of carbonyl (C=O) groups is 1. The van der Waals surface area contributed by atoms with E-state index in [1.165, 1.54) is 6.33 Å². The van der Waals surface area contributed by atoms with Crippen molar-refractivity contribution in [2.24, 2.45) is 0 Å². The van der Waals surface area contributed by atoms with Crippen molar-refractivity contribution in [1.29, 1.82) is 0 Å². The third-order valence-corrected chi connectivity index (χ3v) is 8.75. The Bertz CT molecular complexity index is 1370. The average Bonchev–Trinajstić information content (AvgIpc) is 3.53. The Morgan fingerprint density at radius 3 is 2.75 bits per heavy atom. The number of nitrogens with two attached hydrogens (primary N) is 1. The van der Waals surface area contributed by atoms with E-state index in [1.54, 1.807) is 41.8 Å². The lowest BCUT2D eigenvalue weighted by Crippen LogP contribution is -2.39. The van der Waals surface area contributed by atoms with Crippen LogP contribution in [-0.4, -0.2) is 61.6 Å². The largest absolute Gasteiger partial charge is 0.461 e. The monoisotopic (exact) mass is 594 g/mol. The quantitative estimate of drug-likeness (QED) is 0.176. The maximum atomic E-state index is 14.1. The Balaban J connectivity index is 1.35. The fraction of sp³-hybridized carbons (Fsp3) is 0.520.